The van der Waals surface area contributed by atoms with Crippen molar-refractivity contribution in [2.45, 2.75) is 118 Å². The van der Waals surface area contributed by atoms with E-state index in [0.717, 1.165) is 50.9 Å². The molecular weight excluding hydrogens is 380 g/mol. The number of hydrogen-bond donors (Lipinski definition) is 0. The molecule has 2 unspecified atom stereocenters. The lowest BCUT2D eigenvalue weighted by Crippen LogP contribution is -2.50. The van der Waals surface area contributed by atoms with Gasteiger partial charge >= 0.3 is 11.9 Å². The van der Waals surface area contributed by atoms with E-state index in [-0.39, 0.29) is 23.5 Å². The summed E-state index contributed by atoms with van der Waals surface area (Å²) in [6.07, 6.45) is 5.37. The predicted molar refractivity (Wildman–Crippen MR) is 123 cm³/mol. The van der Waals surface area contributed by atoms with Crippen LogP contribution in [-0.4, -0.2) is 58.4 Å². The Balaban J connectivity index is 4.95. The normalized spacial score (nSPS) is 14.9. The SMILES string of the molecule is CCCN(C(C)OC(=O)/C=C\C(=O)OC(C)N(CCC)C(C)(C)CC)C(C)(C)CC. The largest absolute Gasteiger partial charge is 0.443 e. The second-order valence-corrected chi connectivity index (χ2v) is 9.12. The topological polar surface area (TPSA) is 59.1 Å². The van der Waals surface area contributed by atoms with Gasteiger partial charge in [-0.2, -0.15) is 0 Å². The van der Waals surface area contributed by atoms with Crippen LogP contribution in [0.5, 0.6) is 0 Å². The molecular formula is C24H46N2O4. The van der Waals surface area contributed by atoms with Crippen molar-refractivity contribution in [1.29, 1.82) is 0 Å². The zero-order chi connectivity index (χ0) is 23.5. The fourth-order valence-corrected chi connectivity index (χ4v) is 3.52. The molecule has 0 bridgehead atoms. The van der Waals surface area contributed by atoms with Crippen LogP contribution in [0.15, 0.2) is 12.2 Å². The van der Waals surface area contributed by atoms with Gasteiger partial charge in [0.15, 0.2) is 12.5 Å². The van der Waals surface area contributed by atoms with E-state index in [1.165, 1.54) is 0 Å². The highest BCUT2D eigenvalue weighted by Crippen LogP contribution is 2.23. The molecule has 0 fully saturated rings. The van der Waals surface area contributed by atoms with Gasteiger partial charge in [-0.3, -0.25) is 9.80 Å². The second-order valence-electron chi connectivity index (χ2n) is 9.12. The van der Waals surface area contributed by atoms with Gasteiger partial charge in [0.2, 0.25) is 0 Å². The summed E-state index contributed by atoms with van der Waals surface area (Å²) in [7, 11) is 0. The maximum absolute atomic E-state index is 12.3. The molecule has 0 saturated heterocycles. The average molecular weight is 427 g/mol. The Morgan fingerprint density at radius 1 is 0.733 bits per heavy atom. The lowest BCUT2D eigenvalue weighted by molar-refractivity contribution is -0.160. The van der Waals surface area contributed by atoms with E-state index < -0.39 is 11.9 Å². The molecule has 30 heavy (non-hydrogen) atoms. The maximum Gasteiger partial charge on any atom is 0.332 e. The minimum absolute atomic E-state index is 0.0808. The number of hydrogen-bond acceptors (Lipinski definition) is 6. The van der Waals surface area contributed by atoms with E-state index in [1.807, 2.05) is 13.8 Å². The summed E-state index contributed by atoms with van der Waals surface area (Å²) in [6, 6.07) is 0. The molecule has 0 N–H and O–H groups in total. The van der Waals surface area contributed by atoms with Crippen LogP contribution in [0.25, 0.3) is 0 Å². The maximum atomic E-state index is 12.3. The molecule has 0 aliphatic heterocycles. The summed E-state index contributed by atoms with van der Waals surface area (Å²) < 4.78 is 11.1. The molecule has 0 aromatic rings. The van der Waals surface area contributed by atoms with Crippen LogP contribution in [0.4, 0.5) is 0 Å². The van der Waals surface area contributed by atoms with Crippen molar-refractivity contribution in [3.63, 3.8) is 0 Å². The summed E-state index contributed by atoms with van der Waals surface area (Å²) in [5.41, 5.74) is -0.162. The van der Waals surface area contributed by atoms with Crippen molar-refractivity contribution in [2.24, 2.45) is 0 Å². The summed E-state index contributed by atoms with van der Waals surface area (Å²) >= 11 is 0. The molecule has 0 aliphatic carbocycles. The van der Waals surface area contributed by atoms with Gasteiger partial charge in [0, 0.05) is 36.3 Å². The van der Waals surface area contributed by atoms with Gasteiger partial charge in [-0.15, -0.1) is 0 Å². The van der Waals surface area contributed by atoms with Crippen molar-refractivity contribution >= 4 is 11.9 Å². The van der Waals surface area contributed by atoms with Crippen LogP contribution in [0, 0.1) is 0 Å². The first-order valence-electron chi connectivity index (χ1n) is 11.5. The molecule has 6 nitrogen and oxygen atoms in total. The average Bonchev–Trinajstić information content (AvgIpc) is 2.67. The number of nitrogens with zero attached hydrogens (tertiary/aromatic N) is 2. The van der Waals surface area contributed by atoms with Crippen molar-refractivity contribution in [1.82, 2.24) is 9.80 Å². The first-order chi connectivity index (χ1) is 13.9. The lowest BCUT2D eigenvalue weighted by atomic mass is 9.98. The van der Waals surface area contributed by atoms with Gasteiger partial charge in [0.1, 0.15) is 0 Å². The molecule has 0 saturated carbocycles. The van der Waals surface area contributed by atoms with Crippen LogP contribution in [0.3, 0.4) is 0 Å². The third kappa shape index (κ3) is 9.17. The predicted octanol–water partition coefficient (Wildman–Crippen LogP) is 5.12. The number of carbonyl (C=O) groups is 2. The van der Waals surface area contributed by atoms with E-state index in [1.54, 1.807) is 0 Å². The number of rotatable bonds is 14. The highest BCUT2D eigenvalue weighted by Gasteiger charge is 2.31. The molecule has 2 atom stereocenters. The van der Waals surface area contributed by atoms with E-state index >= 15 is 0 Å². The van der Waals surface area contributed by atoms with Crippen molar-refractivity contribution in [3.8, 4) is 0 Å². The number of esters is 2. The van der Waals surface area contributed by atoms with Gasteiger partial charge in [-0.1, -0.05) is 27.7 Å². The second kappa shape index (κ2) is 13.1. The number of ether oxygens (including phenoxy) is 2. The Kier molecular flexibility index (Phi) is 12.5. The zero-order valence-electron chi connectivity index (χ0n) is 21.1. The van der Waals surface area contributed by atoms with Gasteiger partial charge in [-0.25, -0.2) is 9.59 Å². The lowest BCUT2D eigenvalue weighted by Gasteiger charge is -2.41. The van der Waals surface area contributed by atoms with E-state index in [0.29, 0.717) is 0 Å². The van der Waals surface area contributed by atoms with Gasteiger partial charge in [0.05, 0.1) is 0 Å². The standard InChI is InChI=1S/C24H46N2O4/c1-11-17-25(23(7,8)13-3)19(5)29-21(27)15-16-22(28)30-20(6)26(18-12-2)24(9,10)14-4/h15-16,19-20H,11-14,17-18H2,1-10H3/b16-15-. The van der Waals surface area contributed by atoms with Gasteiger partial charge in [0.25, 0.3) is 0 Å². The molecule has 0 radical (unpaired) electrons. The first kappa shape index (κ1) is 28.6. The van der Waals surface area contributed by atoms with Crippen molar-refractivity contribution in [2.75, 3.05) is 13.1 Å². The van der Waals surface area contributed by atoms with Gasteiger partial charge < -0.3 is 9.47 Å². The van der Waals surface area contributed by atoms with Crippen molar-refractivity contribution in [3.05, 3.63) is 12.2 Å². The Morgan fingerprint density at radius 2 is 1.03 bits per heavy atom. The fraction of sp³-hybridized carbons (Fsp3) is 0.833. The Labute approximate surface area is 185 Å². The number of carbonyl (C=O) groups excluding carboxylic acids is 2. The Hall–Kier alpha value is -1.40. The molecule has 0 aromatic carbocycles. The minimum atomic E-state index is -0.542. The molecule has 0 aliphatic rings. The fourth-order valence-electron chi connectivity index (χ4n) is 3.52. The van der Waals surface area contributed by atoms with Crippen LogP contribution < -0.4 is 0 Å². The van der Waals surface area contributed by atoms with Crippen molar-refractivity contribution < 1.29 is 19.1 Å². The molecule has 176 valence electrons. The molecule has 0 aromatic heterocycles. The summed E-state index contributed by atoms with van der Waals surface area (Å²) in [5, 5.41) is 0. The van der Waals surface area contributed by atoms with E-state index in [4.69, 9.17) is 9.47 Å². The first-order valence-corrected chi connectivity index (χ1v) is 11.5. The van der Waals surface area contributed by atoms with Crippen LogP contribution in [-0.2, 0) is 19.1 Å². The minimum Gasteiger partial charge on any atom is -0.443 e. The molecule has 0 rings (SSSR count). The molecule has 0 amide bonds. The molecule has 0 heterocycles. The molecule has 0 spiro atoms. The summed E-state index contributed by atoms with van der Waals surface area (Å²) in [5.74, 6) is -1.08. The van der Waals surface area contributed by atoms with E-state index in [9.17, 15) is 9.59 Å². The summed E-state index contributed by atoms with van der Waals surface area (Å²) in [4.78, 5) is 28.9. The Morgan fingerprint density at radius 3 is 1.27 bits per heavy atom. The Bertz CT molecular complexity index is 509. The van der Waals surface area contributed by atoms with Crippen LogP contribution in [0.2, 0.25) is 0 Å². The third-order valence-electron chi connectivity index (χ3n) is 6.02. The third-order valence-corrected chi connectivity index (χ3v) is 6.02. The zero-order valence-corrected chi connectivity index (χ0v) is 21.1. The highest BCUT2D eigenvalue weighted by atomic mass is 16.6. The molecule has 6 heteroatoms. The monoisotopic (exact) mass is 426 g/mol. The summed E-state index contributed by atoms with van der Waals surface area (Å²) in [6.45, 7) is 22.4. The van der Waals surface area contributed by atoms with Gasteiger partial charge in [-0.05, 0) is 67.2 Å². The highest BCUT2D eigenvalue weighted by molar-refractivity contribution is 5.91. The quantitative estimate of drug-likeness (QED) is 0.218. The smallest absolute Gasteiger partial charge is 0.332 e. The van der Waals surface area contributed by atoms with Crippen LogP contribution >= 0.6 is 0 Å². The van der Waals surface area contributed by atoms with E-state index in [2.05, 4.69) is 65.2 Å². The van der Waals surface area contributed by atoms with Crippen LogP contribution in [0.1, 0.15) is 94.9 Å².